The van der Waals surface area contributed by atoms with Crippen molar-refractivity contribution in [1.82, 2.24) is 14.7 Å². The van der Waals surface area contributed by atoms with Crippen molar-refractivity contribution in [2.75, 3.05) is 38.2 Å². The Hall–Kier alpha value is -2.35. The molecule has 8 heteroatoms. The van der Waals surface area contributed by atoms with Gasteiger partial charge in [-0.25, -0.2) is 4.68 Å². The number of nitrogens with zero attached hydrogens (tertiary/aromatic N) is 4. The van der Waals surface area contributed by atoms with Crippen LogP contribution in [-0.4, -0.2) is 48.0 Å². The van der Waals surface area contributed by atoms with E-state index in [2.05, 4.69) is 21.0 Å². The fourth-order valence-electron chi connectivity index (χ4n) is 3.46. The first-order valence-electron chi connectivity index (χ1n) is 9.54. The van der Waals surface area contributed by atoms with Crippen molar-refractivity contribution in [2.45, 2.75) is 13.1 Å². The Morgan fingerprint density at radius 3 is 2.48 bits per heavy atom. The van der Waals surface area contributed by atoms with E-state index in [0.29, 0.717) is 23.8 Å². The van der Waals surface area contributed by atoms with E-state index < -0.39 is 0 Å². The van der Waals surface area contributed by atoms with Gasteiger partial charge in [0.15, 0.2) is 0 Å². The molecule has 2 aromatic carbocycles. The lowest BCUT2D eigenvalue weighted by Gasteiger charge is -2.36. The summed E-state index contributed by atoms with van der Waals surface area (Å²) in [6, 6.07) is 15.8. The van der Waals surface area contributed by atoms with Gasteiger partial charge in [0.2, 0.25) is 5.89 Å². The molecule has 0 aliphatic carbocycles. The maximum atomic E-state index is 6.33. The molecule has 0 unspecified atom stereocenters. The highest BCUT2D eigenvalue weighted by Gasteiger charge is 2.20. The minimum atomic E-state index is 0.405. The van der Waals surface area contributed by atoms with Crippen molar-refractivity contribution in [2.24, 2.45) is 0 Å². The van der Waals surface area contributed by atoms with E-state index in [4.69, 9.17) is 33.0 Å². The van der Waals surface area contributed by atoms with Crippen molar-refractivity contribution in [3.63, 3.8) is 0 Å². The molecular formula is C21H23ClN4O2S. The van der Waals surface area contributed by atoms with Crippen molar-refractivity contribution >= 4 is 29.5 Å². The Morgan fingerprint density at radius 2 is 1.79 bits per heavy atom. The summed E-state index contributed by atoms with van der Waals surface area (Å²) in [6.45, 7) is 4.27. The summed E-state index contributed by atoms with van der Waals surface area (Å²) in [4.78, 5) is 5.04. The van der Waals surface area contributed by atoms with Gasteiger partial charge in [-0.1, -0.05) is 35.9 Å². The monoisotopic (exact) mass is 430 g/mol. The molecule has 3 aromatic rings. The number of hydrogen-bond acceptors (Lipinski definition) is 6. The van der Waals surface area contributed by atoms with Crippen LogP contribution in [0.3, 0.4) is 0 Å². The van der Waals surface area contributed by atoms with Crippen LogP contribution in [0.4, 0.5) is 5.69 Å². The molecule has 2 heterocycles. The summed E-state index contributed by atoms with van der Waals surface area (Å²) in [5.41, 5.74) is 2.19. The molecule has 0 amide bonds. The first-order chi connectivity index (χ1) is 14.1. The van der Waals surface area contributed by atoms with Gasteiger partial charge in [0, 0.05) is 26.2 Å². The summed E-state index contributed by atoms with van der Waals surface area (Å²) in [7, 11) is 1.66. The van der Waals surface area contributed by atoms with Crippen LogP contribution in [0.25, 0.3) is 0 Å². The minimum Gasteiger partial charge on any atom is -0.497 e. The maximum absolute atomic E-state index is 6.33. The summed E-state index contributed by atoms with van der Waals surface area (Å²) in [5.74, 6) is 1.45. The Morgan fingerprint density at radius 1 is 1.07 bits per heavy atom. The van der Waals surface area contributed by atoms with Gasteiger partial charge in [0.1, 0.15) is 5.75 Å². The van der Waals surface area contributed by atoms with Gasteiger partial charge in [-0.05, 0) is 42.0 Å². The summed E-state index contributed by atoms with van der Waals surface area (Å²) in [6.07, 6.45) is 0.598. The zero-order chi connectivity index (χ0) is 20.2. The second kappa shape index (κ2) is 8.98. The number of benzene rings is 2. The number of para-hydroxylation sites is 1. The third-order valence-corrected chi connectivity index (χ3v) is 5.68. The van der Waals surface area contributed by atoms with Crippen LogP contribution in [0.5, 0.6) is 5.75 Å². The molecule has 29 heavy (non-hydrogen) atoms. The minimum absolute atomic E-state index is 0.405. The van der Waals surface area contributed by atoms with Crippen LogP contribution in [0, 0.1) is 4.84 Å². The van der Waals surface area contributed by atoms with Gasteiger partial charge in [-0.15, -0.1) is 5.10 Å². The molecule has 0 N–H and O–H groups in total. The largest absolute Gasteiger partial charge is 0.497 e. The average molecular weight is 431 g/mol. The normalized spacial score (nSPS) is 14.9. The summed E-state index contributed by atoms with van der Waals surface area (Å²) >= 11 is 11.7. The molecule has 1 fully saturated rings. The van der Waals surface area contributed by atoms with Gasteiger partial charge >= 0.3 is 0 Å². The van der Waals surface area contributed by atoms with Crippen molar-refractivity contribution in [3.05, 3.63) is 69.8 Å². The fourth-order valence-corrected chi connectivity index (χ4v) is 3.91. The standard InChI is InChI=1S/C21H23ClN4O2S/c1-27-17-8-6-16(7-9-17)14-20-23-26(21(29)28-20)15-24-10-12-25(13-11-24)19-5-3-2-4-18(19)22/h2-9H,10-15H2,1H3. The number of ether oxygens (including phenoxy) is 1. The highest BCUT2D eigenvalue weighted by atomic mass is 35.5. The molecule has 6 nitrogen and oxygen atoms in total. The summed E-state index contributed by atoms with van der Waals surface area (Å²) in [5, 5.41) is 5.37. The Kier molecular flexibility index (Phi) is 6.18. The van der Waals surface area contributed by atoms with Crippen LogP contribution in [0.15, 0.2) is 52.9 Å². The van der Waals surface area contributed by atoms with Gasteiger partial charge in [-0.3, -0.25) is 4.90 Å². The Labute approximate surface area is 180 Å². The lowest BCUT2D eigenvalue weighted by Crippen LogP contribution is -2.47. The van der Waals surface area contributed by atoms with Crippen molar-refractivity contribution in [3.8, 4) is 5.75 Å². The number of rotatable bonds is 6. The smallest absolute Gasteiger partial charge is 0.288 e. The lowest BCUT2D eigenvalue weighted by atomic mass is 10.1. The van der Waals surface area contributed by atoms with Crippen molar-refractivity contribution < 1.29 is 9.15 Å². The summed E-state index contributed by atoms with van der Waals surface area (Å²) < 4.78 is 12.7. The highest BCUT2D eigenvalue weighted by Crippen LogP contribution is 2.26. The number of halogens is 1. The van der Waals surface area contributed by atoms with E-state index in [1.165, 1.54) is 0 Å². The number of aromatic nitrogens is 2. The molecule has 4 rings (SSSR count). The molecule has 1 saturated heterocycles. The molecular weight excluding hydrogens is 408 g/mol. The predicted molar refractivity (Wildman–Crippen MR) is 116 cm³/mol. The SMILES string of the molecule is COc1ccc(Cc2nn(CN3CCN(c4ccccc4Cl)CC3)c(=S)o2)cc1. The molecule has 0 spiro atoms. The second-order valence-electron chi connectivity index (χ2n) is 6.98. The van der Waals surface area contributed by atoms with Crippen LogP contribution >= 0.6 is 23.8 Å². The lowest BCUT2D eigenvalue weighted by molar-refractivity contribution is 0.192. The van der Waals surface area contributed by atoms with E-state index in [0.717, 1.165) is 48.2 Å². The van der Waals surface area contributed by atoms with Crippen LogP contribution in [-0.2, 0) is 13.1 Å². The zero-order valence-corrected chi connectivity index (χ0v) is 17.8. The maximum Gasteiger partial charge on any atom is 0.288 e. The van der Waals surface area contributed by atoms with Gasteiger partial charge < -0.3 is 14.1 Å². The number of methoxy groups -OCH3 is 1. The molecule has 0 bridgehead atoms. The molecule has 1 aliphatic rings. The van der Waals surface area contributed by atoms with Gasteiger partial charge in [-0.2, -0.15) is 0 Å². The zero-order valence-electron chi connectivity index (χ0n) is 16.3. The van der Waals surface area contributed by atoms with E-state index in [9.17, 15) is 0 Å². The third-order valence-electron chi connectivity index (χ3n) is 5.06. The van der Waals surface area contributed by atoms with Gasteiger partial charge in [0.25, 0.3) is 4.84 Å². The first-order valence-corrected chi connectivity index (χ1v) is 10.3. The molecule has 0 saturated carbocycles. The molecule has 0 radical (unpaired) electrons. The Bertz CT molecular complexity index is 1010. The molecule has 1 aromatic heterocycles. The topological polar surface area (TPSA) is 46.7 Å². The molecule has 1 aliphatic heterocycles. The number of piperazine rings is 1. The quantitative estimate of drug-likeness (QED) is 0.545. The third kappa shape index (κ3) is 4.80. The fraction of sp³-hybridized carbons (Fsp3) is 0.333. The van der Waals surface area contributed by atoms with E-state index in [-0.39, 0.29) is 0 Å². The highest BCUT2D eigenvalue weighted by molar-refractivity contribution is 7.71. The number of anilines is 1. The van der Waals surface area contributed by atoms with E-state index in [1.54, 1.807) is 11.8 Å². The second-order valence-corrected chi connectivity index (χ2v) is 7.74. The van der Waals surface area contributed by atoms with Crippen molar-refractivity contribution in [1.29, 1.82) is 0 Å². The number of hydrogen-bond donors (Lipinski definition) is 0. The van der Waals surface area contributed by atoms with Crippen LogP contribution < -0.4 is 9.64 Å². The Balaban J connectivity index is 1.35. The van der Waals surface area contributed by atoms with E-state index in [1.807, 2.05) is 42.5 Å². The van der Waals surface area contributed by atoms with E-state index >= 15 is 0 Å². The molecule has 152 valence electrons. The van der Waals surface area contributed by atoms with Crippen LogP contribution in [0.2, 0.25) is 5.02 Å². The van der Waals surface area contributed by atoms with Crippen LogP contribution in [0.1, 0.15) is 11.5 Å². The predicted octanol–water partition coefficient (Wildman–Crippen LogP) is 4.24. The van der Waals surface area contributed by atoms with Gasteiger partial charge in [0.05, 0.1) is 30.9 Å². The molecule has 0 atom stereocenters. The average Bonchev–Trinajstić information content (AvgIpc) is 3.08. The first kappa shape index (κ1) is 19.9.